The molecule has 0 fully saturated rings. The molecule has 0 radical (unpaired) electrons. The highest BCUT2D eigenvalue weighted by Gasteiger charge is 2.32. The molecule has 1 N–H and O–H groups in total. The Morgan fingerprint density at radius 2 is 1.94 bits per heavy atom. The average Bonchev–Trinajstić information content (AvgIpc) is 2.71. The number of Topliss-reactive ketones (excluding diaryl/α,β-unsaturated/α-hetero) is 1. The maximum atomic E-state index is 12.7. The molecule has 2 aromatic carbocycles. The van der Waals surface area contributed by atoms with Crippen LogP contribution in [0.1, 0.15) is 54.1 Å². The molecule has 168 valence electrons. The number of carbonyl (C=O) groups excluding carboxylic acids is 1. The molecule has 31 heavy (non-hydrogen) atoms. The van der Waals surface area contributed by atoms with E-state index in [0.29, 0.717) is 40.9 Å². The van der Waals surface area contributed by atoms with E-state index in [1.54, 1.807) is 0 Å². The number of anilines is 2. The largest absolute Gasteiger partial charge is 0.365 e. The Morgan fingerprint density at radius 3 is 2.55 bits per heavy atom. The van der Waals surface area contributed by atoms with Gasteiger partial charge < -0.3 is 4.90 Å². The van der Waals surface area contributed by atoms with Crippen molar-refractivity contribution >= 4 is 38.4 Å². The summed E-state index contributed by atoms with van der Waals surface area (Å²) in [5.41, 5.74) is 2.91. The van der Waals surface area contributed by atoms with Crippen LogP contribution in [0.5, 0.6) is 0 Å². The van der Waals surface area contributed by atoms with Gasteiger partial charge in [0.25, 0.3) is 11.3 Å². The van der Waals surface area contributed by atoms with Gasteiger partial charge in [0.2, 0.25) is 10.0 Å². The van der Waals surface area contributed by atoms with Crippen LogP contribution in [0.15, 0.2) is 42.5 Å². The molecule has 1 unspecified atom stereocenters. The minimum Gasteiger partial charge on any atom is -0.365 e. The number of fused-ring (bicyclic) bond motifs is 1. The fourth-order valence-electron chi connectivity index (χ4n) is 3.93. The molecule has 0 saturated carbocycles. The first-order valence-corrected chi connectivity index (χ1v) is 13.2. The number of aryl methyl sites for hydroxylation is 1. The molecule has 0 aliphatic carbocycles. The fourth-order valence-corrected chi connectivity index (χ4v) is 5.66. The third kappa shape index (κ3) is 5.53. The van der Waals surface area contributed by atoms with E-state index < -0.39 is 21.3 Å². The van der Waals surface area contributed by atoms with E-state index in [1.165, 1.54) is 6.07 Å². The summed E-state index contributed by atoms with van der Waals surface area (Å²) in [7, 11) is -4.06. The van der Waals surface area contributed by atoms with Crippen LogP contribution in [0.3, 0.4) is 0 Å². The summed E-state index contributed by atoms with van der Waals surface area (Å²) >= 11 is -2.80. The van der Waals surface area contributed by atoms with Crippen molar-refractivity contribution in [2.24, 2.45) is 0 Å². The van der Waals surface area contributed by atoms with Gasteiger partial charge in [-0.15, -0.1) is 0 Å². The Balaban J connectivity index is 2.17. The fraction of sp³-hybridized carbons (Fsp3) is 0.409. The molecule has 9 heteroatoms. The van der Waals surface area contributed by atoms with Crippen molar-refractivity contribution in [1.29, 1.82) is 0 Å². The lowest BCUT2D eigenvalue weighted by Gasteiger charge is -2.35. The van der Waals surface area contributed by atoms with Crippen LogP contribution >= 0.6 is 0 Å². The van der Waals surface area contributed by atoms with E-state index in [9.17, 15) is 22.0 Å². The SMILES string of the molecule is CCCCC(=O)c1cc2c(c(N(S(=O)O)S(C)(=O)=O)c1)N(Cc1ccccc1)CCC2. The van der Waals surface area contributed by atoms with E-state index in [2.05, 4.69) is 0 Å². The number of nitrogens with zero attached hydrogens (tertiary/aromatic N) is 2. The van der Waals surface area contributed by atoms with Crippen molar-refractivity contribution in [3.05, 3.63) is 59.2 Å². The first kappa shape index (κ1) is 23.4. The minimum absolute atomic E-state index is 0.0799. The van der Waals surface area contributed by atoms with Crippen LogP contribution in [0.2, 0.25) is 0 Å². The molecule has 2 aromatic rings. The Labute approximate surface area is 186 Å². The zero-order valence-electron chi connectivity index (χ0n) is 17.8. The molecule has 3 rings (SSSR count). The number of carbonyl (C=O) groups is 1. The van der Waals surface area contributed by atoms with Crippen LogP contribution in [0.4, 0.5) is 11.4 Å². The predicted octanol–water partition coefficient (Wildman–Crippen LogP) is 3.92. The van der Waals surface area contributed by atoms with Crippen molar-refractivity contribution < 1.29 is 22.0 Å². The van der Waals surface area contributed by atoms with Gasteiger partial charge in [-0.2, -0.15) is 3.71 Å². The van der Waals surface area contributed by atoms with Crippen molar-refractivity contribution in [1.82, 2.24) is 0 Å². The number of rotatable bonds is 9. The second kappa shape index (κ2) is 9.93. The molecule has 7 nitrogen and oxygen atoms in total. The van der Waals surface area contributed by atoms with Gasteiger partial charge in [0.05, 0.1) is 17.6 Å². The molecule has 0 spiro atoms. The highest BCUT2D eigenvalue weighted by molar-refractivity contribution is 8.05. The molecule has 0 amide bonds. The van der Waals surface area contributed by atoms with E-state index >= 15 is 0 Å². The van der Waals surface area contributed by atoms with Gasteiger partial charge in [0.1, 0.15) is 0 Å². The summed E-state index contributed by atoms with van der Waals surface area (Å²) in [6, 6.07) is 13.0. The second-order valence-corrected chi connectivity index (χ2v) is 10.7. The Hall–Kier alpha value is -2.23. The topological polar surface area (TPSA) is 95.0 Å². The molecule has 0 bridgehead atoms. The first-order chi connectivity index (χ1) is 14.7. The Morgan fingerprint density at radius 1 is 1.23 bits per heavy atom. The standard InChI is InChI=1S/C22H28N2O5S2/c1-3-4-12-21(25)19-14-18-11-8-13-23(16-17-9-6-5-7-10-17)22(18)20(15-19)24(30(26)27)31(2,28)29/h5-7,9-10,14-15H,3-4,8,11-13,16H2,1-2H3,(H,26,27). The third-order valence-electron chi connectivity index (χ3n) is 5.29. The summed E-state index contributed by atoms with van der Waals surface area (Å²) < 4.78 is 47.4. The molecule has 1 atom stereocenters. The summed E-state index contributed by atoms with van der Waals surface area (Å²) in [5.74, 6) is -0.0942. The molecule has 0 saturated heterocycles. The smallest absolute Gasteiger partial charge is 0.276 e. The van der Waals surface area contributed by atoms with E-state index in [1.807, 2.05) is 48.2 Å². The number of hydrogen-bond acceptors (Lipinski definition) is 5. The van der Waals surface area contributed by atoms with Gasteiger partial charge in [-0.3, -0.25) is 9.35 Å². The zero-order chi connectivity index (χ0) is 22.6. The lowest BCUT2D eigenvalue weighted by Crippen LogP contribution is -2.36. The van der Waals surface area contributed by atoms with Gasteiger partial charge in [-0.05, 0) is 42.5 Å². The minimum atomic E-state index is -4.06. The lowest BCUT2D eigenvalue weighted by molar-refractivity contribution is 0.0979. The highest BCUT2D eigenvalue weighted by Crippen LogP contribution is 2.40. The van der Waals surface area contributed by atoms with Crippen LogP contribution in [0.25, 0.3) is 0 Å². The van der Waals surface area contributed by atoms with Crippen molar-refractivity contribution in [2.75, 3.05) is 21.4 Å². The summed E-state index contributed by atoms with van der Waals surface area (Å²) in [6.07, 6.45) is 4.34. The lowest BCUT2D eigenvalue weighted by atomic mass is 9.94. The Bertz CT molecular complexity index is 1070. The van der Waals surface area contributed by atoms with Crippen LogP contribution < -0.4 is 8.61 Å². The number of unbranched alkanes of at least 4 members (excludes halogenated alkanes) is 1. The molecule has 1 aliphatic rings. The molecular weight excluding hydrogens is 436 g/mol. The Kier molecular flexibility index (Phi) is 7.51. The monoisotopic (exact) mass is 464 g/mol. The van der Waals surface area contributed by atoms with Crippen LogP contribution in [0, 0.1) is 0 Å². The number of ketones is 1. The van der Waals surface area contributed by atoms with Crippen LogP contribution in [-0.2, 0) is 34.3 Å². The maximum Gasteiger partial charge on any atom is 0.276 e. The quantitative estimate of drug-likeness (QED) is 0.447. The van der Waals surface area contributed by atoms with Gasteiger partial charge >= 0.3 is 0 Å². The maximum absolute atomic E-state index is 12.7. The predicted molar refractivity (Wildman–Crippen MR) is 124 cm³/mol. The molecule has 1 heterocycles. The van der Waals surface area contributed by atoms with Gasteiger partial charge in [-0.25, -0.2) is 12.6 Å². The zero-order valence-corrected chi connectivity index (χ0v) is 19.4. The molecule has 1 aliphatic heterocycles. The van der Waals surface area contributed by atoms with E-state index in [0.717, 1.165) is 36.6 Å². The average molecular weight is 465 g/mol. The van der Waals surface area contributed by atoms with E-state index in [4.69, 9.17) is 0 Å². The van der Waals surface area contributed by atoms with Gasteiger partial charge in [-0.1, -0.05) is 43.7 Å². The molecular formula is C22H28N2O5S2. The normalized spacial score (nSPS) is 14.7. The highest BCUT2D eigenvalue weighted by atomic mass is 32.3. The van der Waals surface area contributed by atoms with Gasteiger partial charge in [0, 0.05) is 25.1 Å². The summed E-state index contributed by atoms with van der Waals surface area (Å²) in [6.45, 7) is 3.20. The molecule has 0 aromatic heterocycles. The van der Waals surface area contributed by atoms with Crippen LogP contribution in [-0.4, -0.2) is 35.8 Å². The number of benzene rings is 2. The summed E-state index contributed by atoms with van der Waals surface area (Å²) in [4.78, 5) is 14.8. The van der Waals surface area contributed by atoms with Crippen molar-refractivity contribution in [3.63, 3.8) is 0 Å². The van der Waals surface area contributed by atoms with Gasteiger partial charge in [0.15, 0.2) is 5.78 Å². The number of sulfonamides is 1. The van der Waals surface area contributed by atoms with Crippen molar-refractivity contribution in [3.8, 4) is 0 Å². The first-order valence-electron chi connectivity index (χ1n) is 10.3. The third-order valence-corrected chi connectivity index (χ3v) is 7.77. The number of hydrogen-bond donors (Lipinski definition) is 1. The summed E-state index contributed by atoms with van der Waals surface area (Å²) in [5, 5.41) is 0. The van der Waals surface area contributed by atoms with Crippen molar-refractivity contribution in [2.45, 2.75) is 45.6 Å². The van der Waals surface area contributed by atoms with E-state index in [-0.39, 0.29) is 11.5 Å². The second-order valence-electron chi connectivity index (χ2n) is 7.76.